The minimum Gasteiger partial charge on any atom is -0.310 e. The van der Waals surface area contributed by atoms with Crippen LogP contribution >= 0.6 is 0 Å². The molecular weight excluding hydrogens is 727 g/mol. The van der Waals surface area contributed by atoms with Gasteiger partial charge in [0, 0.05) is 50.0 Å². The van der Waals surface area contributed by atoms with Crippen LogP contribution in [0.25, 0.3) is 60.2 Å². The van der Waals surface area contributed by atoms with Crippen molar-refractivity contribution >= 4 is 77.5 Å². The van der Waals surface area contributed by atoms with Gasteiger partial charge in [-0.15, -0.1) is 0 Å². The highest BCUT2D eigenvalue weighted by molar-refractivity contribution is 6.11. The zero-order valence-corrected chi connectivity index (χ0v) is 33.3. The van der Waals surface area contributed by atoms with Crippen molar-refractivity contribution in [1.82, 2.24) is 4.57 Å². The van der Waals surface area contributed by atoms with Gasteiger partial charge in [-0.2, -0.15) is 0 Å². The molecule has 1 aromatic heterocycles. The van der Waals surface area contributed by atoms with Gasteiger partial charge in [0.25, 0.3) is 0 Å². The number of hydrogen-bond donors (Lipinski definition) is 0. The number of para-hydroxylation sites is 3. The molecule has 0 spiro atoms. The van der Waals surface area contributed by atoms with Crippen LogP contribution in [0, 0.1) is 6.92 Å². The highest BCUT2D eigenvalue weighted by Crippen LogP contribution is 2.45. The van der Waals surface area contributed by atoms with Crippen LogP contribution in [0.3, 0.4) is 0 Å². The number of aromatic nitrogens is 1. The van der Waals surface area contributed by atoms with E-state index in [1.54, 1.807) is 0 Å². The maximum Gasteiger partial charge on any atom is 0.0542 e. The summed E-state index contributed by atoms with van der Waals surface area (Å²) >= 11 is 0. The van der Waals surface area contributed by atoms with E-state index in [0.29, 0.717) is 0 Å². The van der Waals surface area contributed by atoms with Crippen molar-refractivity contribution in [3.63, 3.8) is 0 Å². The van der Waals surface area contributed by atoms with Gasteiger partial charge in [-0.05, 0) is 114 Å². The maximum atomic E-state index is 2.41. The lowest BCUT2D eigenvalue weighted by molar-refractivity contribution is 1.18. The fraction of sp³-hybridized carbons (Fsp3) is 0.0175. The van der Waals surface area contributed by atoms with Crippen molar-refractivity contribution in [3.8, 4) is 16.8 Å². The molecule has 284 valence electrons. The zero-order valence-electron chi connectivity index (χ0n) is 33.3. The summed E-state index contributed by atoms with van der Waals surface area (Å²) in [4.78, 5) is 4.78. The summed E-state index contributed by atoms with van der Waals surface area (Å²) in [5.74, 6) is 0. The summed E-state index contributed by atoms with van der Waals surface area (Å²) < 4.78 is 2.37. The van der Waals surface area contributed by atoms with Gasteiger partial charge in [-0.3, -0.25) is 0 Å². The summed E-state index contributed by atoms with van der Waals surface area (Å²) in [5.41, 5.74) is 13.9. The summed E-state index contributed by atoms with van der Waals surface area (Å²) in [6, 6.07) is 83.5. The summed E-state index contributed by atoms with van der Waals surface area (Å²) in [5, 5.41) is 7.29. The van der Waals surface area contributed by atoms with Crippen molar-refractivity contribution in [1.29, 1.82) is 0 Å². The van der Waals surface area contributed by atoms with E-state index in [0.717, 1.165) is 39.8 Å². The molecule has 1 heterocycles. The SMILES string of the molecule is Cc1ccc(N(c2ccc(-c3ccc(N(c4ccccc4)c4cccc5ccccc45)c4ccccc34)cc2)c2ccc3c(c2)c2ccccc2n3-c2ccccc2)cc1. The molecule has 0 bridgehead atoms. The lowest BCUT2D eigenvalue weighted by Crippen LogP contribution is -2.11. The van der Waals surface area contributed by atoms with Gasteiger partial charge in [0.1, 0.15) is 0 Å². The van der Waals surface area contributed by atoms with E-state index in [1.807, 2.05) is 0 Å². The van der Waals surface area contributed by atoms with Crippen molar-refractivity contribution in [3.05, 3.63) is 236 Å². The molecule has 0 unspecified atom stereocenters. The standard InChI is InChI=1S/C57H41N3/c1-40-27-31-45(32-28-40)58(47-35-37-57-53(39-47)52-24-12-13-25-55(52)60(57)44-19-6-3-7-20-44)46-33-29-42(30-34-46)48-36-38-56(51-23-11-10-22-50(48)51)59(43-17-4-2-5-18-43)54-26-14-16-41-15-8-9-21-49(41)54/h2-39H,1H3. The van der Waals surface area contributed by atoms with E-state index in [-0.39, 0.29) is 0 Å². The maximum absolute atomic E-state index is 2.41. The van der Waals surface area contributed by atoms with E-state index < -0.39 is 0 Å². The second kappa shape index (κ2) is 14.8. The normalized spacial score (nSPS) is 11.4. The number of hydrogen-bond acceptors (Lipinski definition) is 2. The molecule has 0 saturated heterocycles. The Morgan fingerprint density at radius 1 is 0.333 bits per heavy atom. The molecule has 0 N–H and O–H groups in total. The topological polar surface area (TPSA) is 11.4 Å². The predicted octanol–water partition coefficient (Wildman–Crippen LogP) is 16.0. The van der Waals surface area contributed by atoms with Crippen molar-refractivity contribution < 1.29 is 0 Å². The minimum atomic E-state index is 1.10. The number of benzene rings is 10. The van der Waals surface area contributed by atoms with Gasteiger partial charge >= 0.3 is 0 Å². The number of anilines is 6. The third-order valence-electron chi connectivity index (χ3n) is 11.8. The van der Waals surface area contributed by atoms with Gasteiger partial charge in [0.2, 0.25) is 0 Å². The molecule has 0 radical (unpaired) electrons. The van der Waals surface area contributed by atoms with Crippen LogP contribution in [-0.2, 0) is 0 Å². The summed E-state index contributed by atoms with van der Waals surface area (Å²) in [6.07, 6.45) is 0. The Balaban J connectivity index is 1.03. The van der Waals surface area contributed by atoms with Crippen LogP contribution in [0.15, 0.2) is 231 Å². The van der Waals surface area contributed by atoms with E-state index in [9.17, 15) is 0 Å². The van der Waals surface area contributed by atoms with Crippen LogP contribution in [-0.4, -0.2) is 4.57 Å². The Bertz CT molecular complexity index is 3310. The molecule has 0 aliphatic heterocycles. The van der Waals surface area contributed by atoms with E-state index >= 15 is 0 Å². The second-order valence-corrected chi connectivity index (χ2v) is 15.5. The average Bonchev–Trinajstić information content (AvgIpc) is 3.64. The Hall–Kier alpha value is -7.88. The van der Waals surface area contributed by atoms with E-state index in [1.165, 1.54) is 60.0 Å². The monoisotopic (exact) mass is 767 g/mol. The first-order chi connectivity index (χ1) is 29.7. The molecule has 11 rings (SSSR count). The minimum absolute atomic E-state index is 1.10. The fourth-order valence-corrected chi connectivity index (χ4v) is 9.00. The highest BCUT2D eigenvalue weighted by Gasteiger charge is 2.21. The molecule has 0 fully saturated rings. The molecule has 0 saturated carbocycles. The van der Waals surface area contributed by atoms with Gasteiger partial charge in [-0.25, -0.2) is 0 Å². The highest BCUT2D eigenvalue weighted by atomic mass is 15.1. The number of nitrogens with zero attached hydrogens (tertiary/aromatic N) is 3. The Kier molecular flexibility index (Phi) is 8.71. The van der Waals surface area contributed by atoms with Crippen molar-refractivity contribution in [2.75, 3.05) is 9.80 Å². The summed E-state index contributed by atoms with van der Waals surface area (Å²) in [6.45, 7) is 2.14. The number of rotatable bonds is 8. The molecular formula is C57H41N3. The zero-order chi connectivity index (χ0) is 40.0. The van der Waals surface area contributed by atoms with Crippen LogP contribution < -0.4 is 9.80 Å². The molecule has 3 nitrogen and oxygen atoms in total. The Morgan fingerprint density at radius 2 is 0.883 bits per heavy atom. The Labute approximate surface area is 350 Å². The number of aryl methyl sites for hydroxylation is 1. The molecule has 0 amide bonds. The lowest BCUT2D eigenvalue weighted by atomic mass is 9.95. The van der Waals surface area contributed by atoms with Crippen molar-refractivity contribution in [2.24, 2.45) is 0 Å². The molecule has 0 aliphatic rings. The third-order valence-corrected chi connectivity index (χ3v) is 11.8. The van der Waals surface area contributed by atoms with Crippen LogP contribution in [0.2, 0.25) is 0 Å². The number of fused-ring (bicyclic) bond motifs is 5. The van der Waals surface area contributed by atoms with Gasteiger partial charge in [0.15, 0.2) is 0 Å². The smallest absolute Gasteiger partial charge is 0.0542 e. The first kappa shape index (κ1) is 35.3. The van der Waals surface area contributed by atoms with Gasteiger partial charge < -0.3 is 14.4 Å². The van der Waals surface area contributed by atoms with Gasteiger partial charge in [-0.1, -0.05) is 151 Å². The lowest BCUT2D eigenvalue weighted by Gasteiger charge is -2.28. The average molecular weight is 768 g/mol. The Morgan fingerprint density at radius 3 is 1.65 bits per heavy atom. The van der Waals surface area contributed by atoms with Crippen molar-refractivity contribution in [2.45, 2.75) is 6.92 Å². The molecule has 0 aliphatic carbocycles. The van der Waals surface area contributed by atoms with E-state index in [4.69, 9.17) is 0 Å². The first-order valence-electron chi connectivity index (χ1n) is 20.6. The largest absolute Gasteiger partial charge is 0.310 e. The molecule has 3 heteroatoms. The third kappa shape index (κ3) is 6.07. The molecule has 11 aromatic rings. The quantitative estimate of drug-likeness (QED) is 0.153. The second-order valence-electron chi connectivity index (χ2n) is 15.5. The molecule has 10 aromatic carbocycles. The predicted molar refractivity (Wildman–Crippen MR) is 255 cm³/mol. The van der Waals surface area contributed by atoms with Gasteiger partial charge in [0.05, 0.1) is 22.4 Å². The van der Waals surface area contributed by atoms with Crippen LogP contribution in [0.1, 0.15) is 5.56 Å². The summed E-state index contributed by atoms with van der Waals surface area (Å²) in [7, 11) is 0. The fourth-order valence-electron chi connectivity index (χ4n) is 9.00. The van der Waals surface area contributed by atoms with Crippen LogP contribution in [0.5, 0.6) is 0 Å². The molecule has 0 atom stereocenters. The first-order valence-corrected chi connectivity index (χ1v) is 20.6. The molecule has 60 heavy (non-hydrogen) atoms. The van der Waals surface area contributed by atoms with Crippen LogP contribution in [0.4, 0.5) is 34.1 Å². The van der Waals surface area contributed by atoms with E-state index in [2.05, 4.69) is 252 Å².